The third-order valence-electron chi connectivity index (χ3n) is 5.40. The van der Waals surface area contributed by atoms with E-state index in [0.717, 1.165) is 65.9 Å². The highest BCUT2D eigenvalue weighted by atomic mass is 16.5. The zero-order valence-corrected chi connectivity index (χ0v) is 14.2. The first-order valence-corrected chi connectivity index (χ1v) is 9.29. The molecule has 0 radical (unpaired) electrons. The Morgan fingerprint density at radius 3 is 2.75 bits per heavy atom. The van der Waals surface area contributed by atoms with Gasteiger partial charge >= 0.3 is 0 Å². The number of nitrogens with two attached hydrogens (primary N) is 1. The monoisotopic (exact) mass is 329 g/mol. The van der Waals surface area contributed by atoms with Crippen LogP contribution in [-0.2, 0) is 13.0 Å². The smallest absolute Gasteiger partial charge is 0.175 e. The Balaban J connectivity index is 1.49. The molecular weight excluding hydrogens is 302 g/mol. The third kappa shape index (κ3) is 3.42. The Morgan fingerprint density at radius 1 is 1.17 bits per heavy atom. The molecule has 3 N–H and O–H groups in total. The molecule has 1 aliphatic carbocycles. The molecule has 2 fully saturated rings. The van der Waals surface area contributed by atoms with E-state index < -0.39 is 0 Å². The van der Waals surface area contributed by atoms with Crippen molar-refractivity contribution in [2.75, 3.05) is 19.7 Å². The Labute approximate surface area is 142 Å². The van der Waals surface area contributed by atoms with Crippen LogP contribution in [0.5, 0.6) is 5.75 Å². The van der Waals surface area contributed by atoms with Crippen molar-refractivity contribution < 1.29 is 9.26 Å². The molecule has 130 valence electrons. The Bertz CT molecular complexity index is 687. The van der Waals surface area contributed by atoms with Gasteiger partial charge in [-0.15, -0.1) is 0 Å². The maximum absolute atomic E-state index is 5.96. The second kappa shape index (κ2) is 7.11. The molecule has 24 heavy (non-hydrogen) atoms. The normalized spacial score (nSPS) is 19.0. The summed E-state index contributed by atoms with van der Waals surface area (Å²) >= 11 is 0. The average Bonchev–Trinajstić information content (AvgIpc) is 3.37. The summed E-state index contributed by atoms with van der Waals surface area (Å²) in [5, 5.41) is 8.86. The van der Waals surface area contributed by atoms with Gasteiger partial charge in [0.1, 0.15) is 5.75 Å². The SMILES string of the molecule is NCc1c(OCC2CC2)ccc2c(CCC3CCNCC3)noc12. The molecule has 1 aromatic carbocycles. The maximum Gasteiger partial charge on any atom is 0.175 e. The fourth-order valence-corrected chi connectivity index (χ4v) is 3.60. The summed E-state index contributed by atoms with van der Waals surface area (Å²) in [7, 11) is 0. The highest BCUT2D eigenvalue weighted by molar-refractivity contribution is 5.84. The van der Waals surface area contributed by atoms with E-state index in [0.29, 0.717) is 6.54 Å². The van der Waals surface area contributed by atoms with Gasteiger partial charge < -0.3 is 20.3 Å². The molecule has 0 bridgehead atoms. The van der Waals surface area contributed by atoms with E-state index in [1.165, 1.54) is 32.1 Å². The lowest BCUT2D eigenvalue weighted by Gasteiger charge is -2.21. The van der Waals surface area contributed by atoms with Crippen molar-refractivity contribution >= 4 is 11.0 Å². The van der Waals surface area contributed by atoms with Crippen LogP contribution in [-0.4, -0.2) is 24.9 Å². The molecule has 2 aromatic rings. The number of aromatic nitrogens is 1. The molecule has 2 heterocycles. The third-order valence-corrected chi connectivity index (χ3v) is 5.40. The van der Waals surface area contributed by atoms with Crippen LogP contribution in [0.4, 0.5) is 0 Å². The zero-order chi connectivity index (χ0) is 16.4. The van der Waals surface area contributed by atoms with Crippen molar-refractivity contribution in [3.63, 3.8) is 0 Å². The number of nitrogens with one attached hydrogen (secondary N) is 1. The molecule has 1 aromatic heterocycles. The number of hydrogen-bond acceptors (Lipinski definition) is 5. The minimum atomic E-state index is 0.417. The van der Waals surface area contributed by atoms with Crippen molar-refractivity contribution in [3.8, 4) is 5.75 Å². The molecule has 0 atom stereocenters. The predicted molar refractivity (Wildman–Crippen MR) is 94.0 cm³/mol. The van der Waals surface area contributed by atoms with Gasteiger partial charge in [-0.3, -0.25) is 0 Å². The van der Waals surface area contributed by atoms with Crippen molar-refractivity contribution in [2.45, 2.75) is 45.1 Å². The van der Waals surface area contributed by atoms with Gasteiger partial charge in [-0.25, -0.2) is 0 Å². The summed E-state index contributed by atoms with van der Waals surface area (Å²) in [4.78, 5) is 0. The van der Waals surface area contributed by atoms with Crippen LogP contribution >= 0.6 is 0 Å². The number of rotatable bonds is 7. The molecule has 1 saturated carbocycles. The van der Waals surface area contributed by atoms with E-state index in [1.807, 2.05) is 6.07 Å². The highest BCUT2D eigenvalue weighted by Crippen LogP contribution is 2.34. The summed E-state index contributed by atoms with van der Waals surface area (Å²) in [6.07, 6.45) is 7.25. The number of benzene rings is 1. The van der Waals surface area contributed by atoms with E-state index in [9.17, 15) is 0 Å². The fraction of sp³-hybridized carbons (Fsp3) is 0.632. The molecule has 0 spiro atoms. The molecule has 1 aliphatic heterocycles. The summed E-state index contributed by atoms with van der Waals surface area (Å²) in [5.41, 5.74) is 8.79. The van der Waals surface area contributed by atoms with Crippen LogP contribution in [0.15, 0.2) is 16.7 Å². The van der Waals surface area contributed by atoms with Gasteiger partial charge in [-0.2, -0.15) is 0 Å². The standard InChI is InChI=1S/C19H27N3O2/c20-11-16-18(23-12-14-1-2-14)6-4-15-17(22-24-19(15)16)5-3-13-7-9-21-10-8-13/h4,6,13-14,21H,1-3,5,7-12,20H2. The largest absolute Gasteiger partial charge is 0.493 e. The molecule has 2 aliphatic rings. The number of fused-ring (bicyclic) bond motifs is 1. The summed E-state index contributed by atoms with van der Waals surface area (Å²) in [6.45, 7) is 3.49. The minimum absolute atomic E-state index is 0.417. The first kappa shape index (κ1) is 15.9. The van der Waals surface area contributed by atoms with Crippen LogP contribution in [0, 0.1) is 11.8 Å². The van der Waals surface area contributed by atoms with E-state index in [-0.39, 0.29) is 0 Å². The lowest BCUT2D eigenvalue weighted by molar-refractivity contribution is 0.296. The summed E-state index contributed by atoms with van der Waals surface area (Å²) in [6, 6.07) is 4.13. The topological polar surface area (TPSA) is 73.3 Å². The maximum atomic E-state index is 5.96. The van der Waals surface area contributed by atoms with E-state index in [2.05, 4.69) is 16.5 Å². The Morgan fingerprint density at radius 2 is 2.00 bits per heavy atom. The first-order chi connectivity index (χ1) is 11.8. The lowest BCUT2D eigenvalue weighted by atomic mass is 9.92. The van der Waals surface area contributed by atoms with Gasteiger partial charge in [0.15, 0.2) is 5.58 Å². The molecule has 0 amide bonds. The lowest BCUT2D eigenvalue weighted by Crippen LogP contribution is -2.27. The van der Waals surface area contributed by atoms with E-state index in [1.54, 1.807) is 0 Å². The molecular formula is C19H27N3O2. The van der Waals surface area contributed by atoms with Gasteiger partial charge in [-0.05, 0) is 75.6 Å². The highest BCUT2D eigenvalue weighted by Gasteiger charge is 2.23. The van der Waals surface area contributed by atoms with Crippen LogP contribution in [0.2, 0.25) is 0 Å². The first-order valence-electron chi connectivity index (χ1n) is 9.29. The Hall–Kier alpha value is -1.59. The van der Waals surface area contributed by atoms with Crippen LogP contribution < -0.4 is 15.8 Å². The number of ether oxygens (including phenoxy) is 1. The van der Waals surface area contributed by atoms with Crippen molar-refractivity contribution in [1.29, 1.82) is 0 Å². The predicted octanol–water partition coefficient (Wildman–Crippen LogP) is 3.01. The second-order valence-corrected chi connectivity index (χ2v) is 7.24. The summed E-state index contributed by atoms with van der Waals surface area (Å²) in [5.74, 6) is 2.38. The minimum Gasteiger partial charge on any atom is -0.493 e. The fourth-order valence-electron chi connectivity index (χ4n) is 3.60. The van der Waals surface area contributed by atoms with Gasteiger partial charge in [0.2, 0.25) is 0 Å². The number of piperidine rings is 1. The molecule has 0 unspecified atom stereocenters. The molecule has 5 nitrogen and oxygen atoms in total. The van der Waals surface area contributed by atoms with Gasteiger partial charge in [0, 0.05) is 11.9 Å². The summed E-state index contributed by atoms with van der Waals surface area (Å²) < 4.78 is 11.6. The number of nitrogens with zero attached hydrogens (tertiary/aromatic N) is 1. The van der Waals surface area contributed by atoms with E-state index >= 15 is 0 Å². The van der Waals surface area contributed by atoms with Gasteiger partial charge in [0.05, 0.1) is 17.9 Å². The molecule has 4 rings (SSSR count). The Kier molecular flexibility index (Phi) is 4.72. The van der Waals surface area contributed by atoms with Crippen LogP contribution in [0.3, 0.4) is 0 Å². The second-order valence-electron chi connectivity index (χ2n) is 7.24. The molecule has 1 saturated heterocycles. The van der Waals surface area contributed by atoms with Crippen molar-refractivity contribution in [1.82, 2.24) is 10.5 Å². The number of hydrogen-bond donors (Lipinski definition) is 2. The quantitative estimate of drug-likeness (QED) is 0.817. The van der Waals surface area contributed by atoms with Gasteiger partial charge in [0.25, 0.3) is 0 Å². The van der Waals surface area contributed by atoms with Crippen LogP contribution in [0.25, 0.3) is 11.0 Å². The number of aryl methyl sites for hydroxylation is 1. The van der Waals surface area contributed by atoms with Crippen LogP contribution in [0.1, 0.15) is 43.4 Å². The van der Waals surface area contributed by atoms with Gasteiger partial charge in [-0.1, -0.05) is 5.16 Å². The molecule has 5 heteroatoms. The van der Waals surface area contributed by atoms with E-state index in [4.69, 9.17) is 15.0 Å². The zero-order valence-electron chi connectivity index (χ0n) is 14.2. The van der Waals surface area contributed by atoms with Crippen molar-refractivity contribution in [3.05, 3.63) is 23.4 Å². The average molecular weight is 329 g/mol. The van der Waals surface area contributed by atoms with Crippen molar-refractivity contribution in [2.24, 2.45) is 17.6 Å².